The number of carbonyl (C=O) groups is 8. The van der Waals surface area contributed by atoms with E-state index < -0.39 is 61.9 Å². The molecule has 0 heterocycles. The molecule has 0 fully saturated rings. The van der Waals surface area contributed by atoms with E-state index >= 15 is 0 Å². The summed E-state index contributed by atoms with van der Waals surface area (Å²) in [6.07, 6.45) is -1.40. The van der Waals surface area contributed by atoms with Crippen molar-refractivity contribution in [1.29, 1.82) is 5.26 Å². The van der Waals surface area contributed by atoms with E-state index in [1.54, 1.807) is 17.6 Å². The van der Waals surface area contributed by atoms with Crippen molar-refractivity contribution in [3.05, 3.63) is 0 Å². The van der Waals surface area contributed by atoms with Crippen molar-refractivity contribution >= 4 is 82.0 Å². The molecule has 19 N–H and O–H groups in total. The number of carboxylic acid groups (broad SMARTS) is 2. The highest BCUT2D eigenvalue weighted by molar-refractivity contribution is 7.16. The summed E-state index contributed by atoms with van der Waals surface area (Å²) in [6.45, 7) is 7.04. The fourth-order valence-corrected chi connectivity index (χ4v) is 3.28. The third-order valence-corrected chi connectivity index (χ3v) is 6.28. The number of rotatable bonds is 22. The number of nitriles is 1. The second-order valence-electron chi connectivity index (χ2n) is 11.6. The van der Waals surface area contributed by atoms with Gasteiger partial charge in [-0.05, 0) is 32.3 Å². The average molecular weight is 1110 g/mol. The molecule has 0 saturated carbocycles. The first-order chi connectivity index (χ1) is 33.7. The number of ether oxygens (including phenoxy) is 7. The van der Waals surface area contributed by atoms with E-state index in [2.05, 4.69) is 96.0 Å². The van der Waals surface area contributed by atoms with Gasteiger partial charge in [-0.15, -0.1) is 27.7 Å². The molecule has 0 radical (unpaired) electrons. The predicted octanol–water partition coefficient (Wildman–Crippen LogP) is -3.15. The van der Waals surface area contributed by atoms with Gasteiger partial charge in [0, 0.05) is 68.0 Å². The minimum atomic E-state index is -1.26. The molecule has 7 atom stereocenters. The van der Waals surface area contributed by atoms with Crippen LogP contribution in [0.2, 0.25) is 0 Å². The molecule has 0 saturated heterocycles. The number of nitrogens with two attached hydrogens (primary N) is 3. The summed E-state index contributed by atoms with van der Waals surface area (Å²) in [5, 5.41) is 65.2. The van der Waals surface area contributed by atoms with Crippen LogP contribution in [0.3, 0.4) is 0 Å². The van der Waals surface area contributed by atoms with Crippen molar-refractivity contribution in [1.82, 2.24) is 42.5 Å². The number of hydrogen-bond acceptors (Lipinski definition) is 24. The maximum atomic E-state index is 11.1. The number of aliphatic imine (C=N–C) groups is 1. The van der Waals surface area contributed by atoms with Gasteiger partial charge in [0.25, 0.3) is 6.26 Å². The summed E-state index contributed by atoms with van der Waals surface area (Å²) in [4.78, 5) is 95.7. The van der Waals surface area contributed by atoms with Crippen LogP contribution in [0.4, 0.5) is 24.0 Å². The molecule has 0 bridgehead atoms. The van der Waals surface area contributed by atoms with E-state index in [0.29, 0.717) is 19.3 Å². The Labute approximate surface area is 424 Å². The van der Waals surface area contributed by atoms with Gasteiger partial charge in [-0.1, -0.05) is 0 Å². The number of isocyanates is 1. The Bertz CT molecular complexity index is 1400. The molecule has 424 valence electrons. The van der Waals surface area contributed by atoms with Crippen molar-refractivity contribution in [3.8, 4) is 6.26 Å². The quantitative estimate of drug-likeness (QED) is 0.00968. The number of nitrogens with one attached hydrogen (secondary N) is 8. The predicted molar refractivity (Wildman–Crippen MR) is 265 cm³/mol. The van der Waals surface area contributed by atoms with Crippen LogP contribution >= 0.6 is 27.7 Å². The zero-order valence-electron chi connectivity index (χ0n) is 41.5. The fourth-order valence-electron chi connectivity index (χ4n) is 2.44. The summed E-state index contributed by atoms with van der Waals surface area (Å²) >= 11 is 0. The van der Waals surface area contributed by atoms with E-state index in [1.807, 2.05) is 0 Å². The van der Waals surface area contributed by atoms with E-state index in [9.17, 15) is 43.2 Å². The minimum absolute atomic E-state index is 0.0462. The number of aliphatic hydroxyl groups is 3. The third kappa shape index (κ3) is 106. The third-order valence-electron chi connectivity index (χ3n) is 5.28. The molecule has 0 aromatic rings. The smallest absolute Gasteiger partial charge is 0.410 e. The van der Waals surface area contributed by atoms with Gasteiger partial charge in [-0.2, -0.15) is 10.3 Å². The molecule has 0 aromatic heterocycles. The molecule has 0 aliphatic carbocycles. The van der Waals surface area contributed by atoms with Gasteiger partial charge in [0.2, 0.25) is 49.4 Å². The van der Waals surface area contributed by atoms with E-state index in [0.717, 1.165) is 18.5 Å². The maximum Gasteiger partial charge on any atom is 0.410 e. The van der Waals surface area contributed by atoms with Gasteiger partial charge in [-0.25, -0.2) is 28.8 Å². The van der Waals surface area contributed by atoms with Gasteiger partial charge < -0.3 is 118 Å². The number of hydrogen-bond donors (Lipinski definition) is 16. The summed E-state index contributed by atoms with van der Waals surface area (Å²) in [7, 11) is 11.8. The standard InChI is InChI=1S/2C8H17N2O4P.C7H14N2O4.C3H6N2O4.C3H2N2O2.C3H9O2P.C2H7NO.CH6N2/c2*1-6(11)9-5-10-8(12)14-7(13-2)3-4-15;1-5(10)8-4-9-7(11)13-6(2)12-3;6-2(7)4-1-5-3(8)9;4-1-7-3-5-2-6;4-3(5)1-2-6;1-2(3)4;2-1-3/h2*7H,3-5,15H2,1-2H3,(H,9,11)(H,10,12);6H,4H2,1-3H3,(H,8,10)(H,9,11);4-5H,1H2,(H,6,7)(H,8,9);3H2;3-5H,1-2,6H2;2,4H,3H2,1H3;1-3H2. The monoisotopic (exact) mass is 1110 g/mol. The van der Waals surface area contributed by atoms with Crippen LogP contribution < -0.4 is 59.7 Å². The molecule has 0 aliphatic rings. The minimum Gasteiger partial charge on any atom is -0.465 e. The van der Waals surface area contributed by atoms with Crippen LogP contribution in [0, 0.1) is 11.5 Å². The molecular formula is C35H78N13O21P3. The topological polar surface area (TPSA) is 530 Å². The van der Waals surface area contributed by atoms with Crippen LogP contribution in [-0.4, -0.2) is 191 Å². The number of alkyl carbamates (subject to hydrolysis) is 3. The molecule has 7 unspecified atom stereocenters. The van der Waals surface area contributed by atoms with Gasteiger partial charge in [0.1, 0.15) is 0 Å². The zero-order chi connectivity index (χ0) is 57.7. The van der Waals surface area contributed by atoms with E-state index in [4.69, 9.17) is 49.7 Å². The van der Waals surface area contributed by atoms with Crippen molar-refractivity contribution in [3.63, 3.8) is 0 Å². The van der Waals surface area contributed by atoms with Gasteiger partial charge >= 0.3 is 30.5 Å². The van der Waals surface area contributed by atoms with Crippen LogP contribution in [-0.2, 0) is 52.3 Å². The van der Waals surface area contributed by atoms with Crippen LogP contribution in [0.25, 0.3) is 0 Å². The lowest BCUT2D eigenvalue weighted by Gasteiger charge is -2.15. The van der Waals surface area contributed by atoms with Crippen LogP contribution in [0.1, 0.15) is 53.9 Å². The van der Waals surface area contributed by atoms with Crippen molar-refractivity contribution < 1.29 is 102 Å². The zero-order valence-corrected chi connectivity index (χ0v) is 45.0. The molecule has 72 heavy (non-hydrogen) atoms. The second kappa shape index (κ2) is 67.4. The number of aliphatic hydroxyl groups excluding tert-OH is 2. The maximum absolute atomic E-state index is 11.1. The highest BCUT2D eigenvalue weighted by atomic mass is 31.0. The summed E-state index contributed by atoms with van der Waals surface area (Å²) in [5.41, 5.74) is 13.9. The average Bonchev–Trinajstić information content (AvgIpc) is 3.26. The Morgan fingerprint density at radius 2 is 0.903 bits per heavy atom. The lowest BCUT2D eigenvalue weighted by atomic mass is 10.5. The van der Waals surface area contributed by atoms with Gasteiger partial charge in [-0.3, -0.25) is 14.4 Å². The largest absolute Gasteiger partial charge is 0.465 e. The Kier molecular flexibility index (Phi) is 78.0. The lowest BCUT2D eigenvalue weighted by molar-refractivity contribution is -0.120. The summed E-state index contributed by atoms with van der Waals surface area (Å²) in [6, 6.07) is 0. The Balaban J connectivity index is -0.000000113. The molecule has 0 spiro atoms. The number of nitrogens with zero attached hydrogens (tertiary/aromatic N) is 2. The fraction of sp³-hybridized carbons (Fsp3) is 0.714. The number of amides is 8. The molecule has 37 heteroatoms. The van der Waals surface area contributed by atoms with Crippen LogP contribution in [0.15, 0.2) is 4.99 Å². The van der Waals surface area contributed by atoms with Crippen molar-refractivity contribution in [2.45, 2.75) is 85.3 Å². The van der Waals surface area contributed by atoms with E-state index in [-0.39, 0.29) is 57.8 Å². The van der Waals surface area contributed by atoms with Crippen molar-refractivity contribution in [2.75, 3.05) is 79.9 Å². The number of carbonyl (C=O) groups excluding carboxylic acids is 7. The Hall–Kier alpha value is -5.64. The normalized spacial score (nSPS) is 10.5. The molecule has 0 rings (SSSR count). The SMILES string of the molecule is CC(N)O.COC(C)OC(=O)NCNC(C)=O.COC(CCP)OC(=O)NCNC(C)=O.COC(CCP)OC(=O)NCNC(C)=O.N#COCN=C=O.NCN.O=C(O)NCNC(=O)O.OC(O)CCP. The van der Waals surface area contributed by atoms with Gasteiger partial charge in [0.05, 0.1) is 32.9 Å². The van der Waals surface area contributed by atoms with E-state index in [1.165, 1.54) is 61.4 Å². The second-order valence-corrected chi connectivity index (χ2v) is 13.3. The van der Waals surface area contributed by atoms with Crippen LogP contribution in [0.5, 0.6) is 0 Å². The first kappa shape index (κ1) is 83.2. The molecule has 34 nitrogen and oxygen atoms in total. The molecule has 0 aromatic carbocycles. The van der Waals surface area contributed by atoms with Crippen molar-refractivity contribution in [2.24, 2.45) is 22.2 Å². The Morgan fingerprint density at radius 3 is 1.11 bits per heavy atom. The summed E-state index contributed by atoms with van der Waals surface area (Å²) < 4.78 is 32.9. The first-order valence-corrected chi connectivity index (χ1v) is 22.6. The van der Waals surface area contributed by atoms with Gasteiger partial charge in [0.15, 0.2) is 6.29 Å². The number of methoxy groups -OCH3 is 3. The highest BCUT2D eigenvalue weighted by Gasteiger charge is 2.13. The molecular weight excluding hydrogens is 1030 g/mol. The summed E-state index contributed by atoms with van der Waals surface area (Å²) in [5.74, 6) is -0.660. The highest BCUT2D eigenvalue weighted by Crippen LogP contribution is 2.03. The lowest BCUT2D eigenvalue weighted by Crippen LogP contribution is -2.38. The first-order valence-electron chi connectivity index (χ1n) is 20.1. The molecule has 0 aliphatic heterocycles. The molecule has 8 amide bonds. The Morgan fingerprint density at radius 1 is 0.597 bits per heavy atom.